The molecule has 1 aromatic carbocycles. The number of nitrogens with one attached hydrogen (secondary N) is 1. The van der Waals surface area contributed by atoms with Gasteiger partial charge in [0, 0.05) is 17.2 Å². The first kappa shape index (κ1) is 20.3. The van der Waals surface area contributed by atoms with Crippen molar-refractivity contribution in [3.63, 3.8) is 0 Å². The minimum absolute atomic E-state index is 0.113. The molecule has 0 heterocycles. The van der Waals surface area contributed by atoms with Crippen LogP contribution in [0.4, 0.5) is 4.79 Å². The molecule has 0 aromatic heterocycles. The van der Waals surface area contributed by atoms with Crippen LogP contribution >= 0.6 is 11.8 Å². The first-order valence-electron chi connectivity index (χ1n) is 9.52. The number of carbonyl (C=O) groups is 2. The molecule has 5 nitrogen and oxygen atoms in total. The van der Waals surface area contributed by atoms with Crippen LogP contribution in [0.1, 0.15) is 36.8 Å². The Morgan fingerprint density at radius 3 is 2.89 bits per heavy atom. The summed E-state index contributed by atoms with van der Waals surface area (Å²) in [6, 6.07) is 7.15. The van der Waals surface area contributed by atoms with Crippen molar-refractivity contribution < 1.29 is 19.4 Å². The number of rotatable bonds is 9. The van der Waals surface area contributed by atoms with Gasteiger partial charge in [-0.2, -0.15) is 11.8 Å². The second kappa shape index (κ2) is 9.64. The van der Waals surface area contributed by atoms with Gasteiger partial charge in [-0.15, -0.1) is 0 Å². The van der Waals surface area contributed by atoms with Crippen LogP contribution in [0.5, 0.6) is 0 Å². The number of ether oxygens (including phenoxy) is 1. The lowest BCUT2D eigenvalue weighted by atomic mass is 9.92. The number of aliphatic carboxylic acids is 1. The first-order valence-corrected chi connectivity index (χ1v) is 10.7. The number of thioether (sulfide) groups is 1. The maximum atomic E-state index is 12.2. The van der Waals surface area contributed by atoms with E-state index in [2.05, 4.69) is 24.4 Å². The van der Waals surface area contributed by atoms with E-state index in [0.717, 1.165) is 35.3 Å². The summed E-state index contributed by atoms with van der Waals surface area (Å²) in [5.74, 6) is 0.349. The monoisotopic (exact) mass is 399 g/mol. The lowest BCUT2D eigenvalue weighted by Gasteiger charge is -2.15. The van der Waals surface area contributed by atoms with Crippen molar-refractivity contribution in [2.45, 2.75) is 31.7 Å². The summed E-state index contributed by atoms with van der Waals surface area (Å²) in [4.78, 5) is 23.6. The molecule has 2 N–H and O–H groups in total. The Bertz CT molecular complexity index is 828. The van der Waals surface area contributed by atoms with Gasteiger partial charge in [-0.05, 0) is 28.9 Å². The number of hydrogen-bond acceptors (Lipinski definition) is 4. The van der Waals surface area contributed by atoms with E-state index in [4.69, 9.17) is 4.74 Å². The number of benzene rings is 1. The van der Waals surface area contributed by atoms with E-state index >= 15 is 0 Å². The summed E-state index contributed by atoms with van der Waals surface area (Å²) in [5.41, 5.74) is 4.38. The van der Waals surface area contributed by atoms with Crippen molar-refractivity contribution in [1.29, 1.82) is 0 Å². The number of unbranched alkanes of at least 4 members (excludes halogenated alkanes) is 1. The summed E-state index contributed by atoms with van der Waals surface area (Å²) in [6.07, 6.45) is 9.57. The fraction of sp³-hybridized carbons (Fsp3) is 0.364. The fourth-order valence-electron chi connectivity index (χ4n) is 3.40. The molecule has 0 saturated heterocycles. The van der Waals surface area contributed by atoms with E-state index in [1.165, 1.54) is 17.3 Å². The Labute approximate surface area is 169 Å². The molecule has 2 atom stereocenters. The molecule has 0 bridgehead atoms. The highest BCUT2D eigenvalue weighted by Crippen LogP contribution is 2.44. The smallest absolute Gasteiger partial charge is 0.408 e. The minimum atomic E-state index is -1.05. The average molecular weight is 400 g/mol. The third kappa shape index (κ3) is 4.68. The Hall–Kier alpha value is -2.47. The van der Waals surface area contributed by atoms with Crippen LogP contribution in [0.15, 0.2) is 54.1 Å². The van der Waals surface area contributed by atoms with Crippen LogP contribution in [0.3, 0.4) is 0 Å². The van der Waals surface area contributed by atoms with Crippen molar-refractivity contribution in [1.82, 2.24) is 5.32 Å². The Balaban J connectivity index is 1.61. The molecular weight excluding hydrogens is 374 g/mol. The Morgan fingerprint density at radius 2 is 2.11 bits per heavy atom. The molecule has 2 aliphatic rings. The van der Waals surface area contributed by atoms with Gasteiger partial charge in [0.05, 0.1) is 0 Å². The van der Waals surface area contributed by atoms with Crippen LogP contribution in [-0.4, -0.2) is 41.3 Å². The molecule has 1 aromatic rings. The number of amides is 1. The quantitative estimate of drug-likeness (QED) is 0.603. The highest BCUT2D eigenvalue weighted by molar-refractivity contribution is 7.99. The van der Waals surface area contributed by atoms with Crippen molar-refractivity contribution in [2.75, 3.05) is 18.1 Å². The number of fused-ring (bicyclic) bond motifs is 3. The van der Waals surface area contributed by atoms with E-state index in [0.29, 0.717) is 5.75 Å². The maximum Gasteiger partial charge on any atom is 0.408 e. The summed E-state index contributed by atoms with van der Waals surface area (Å²) < 4.78 is 5.40. The zero-order valence-corrected chi connectivity index (χ0v) is 16.7. The van der Waals surface area contributed by atoms with Crippen molar-refractivity contribution in [2.24, 2.45) is 0 Å². The zero-order valence-electron chi connectivity index (χ0n) is 15.9. The molecule has 3 rings (SSSR count). The van der Waals surface area contributed by atoms with E-state index in [1.54, 1.807) is 0 Å². The van der Waals surface area contributed by atoms with Crippen LogP contribution in [-0.2, 0) is 9.53 Å². The van der Waals surface area contributed by atoms with Gasteiger partial charge < -0.3 is 15.2 Å². The molecule has 148 valence electrons. The van der Waals surface area contributed by atoms with Crippen molar-refractivity contribution >= 4 is 29.4 Å². The van der Waals surface area contributed by atoms with Gasteiger partial charge in [0.25, 0.3) is 0 Å². The second-order valence-electron chi connectivity index (χ2n) is 6.78. The number of alkyl carbamates (subject to hydrolysis) is 1. The molecule has 28 heavy (non-hydrogen) atoms. The summed E-state index contributed by atoms with van der Waals surface area (Å²) in [5, 5.41) is 11.8. The third-order valence-corrected chi connectivity index (χ3v) is 6.01. The molecule has 2 aliphatic carbocycles. The fourth-order valence-corrected chi connectivity index (χ4v) is 4.53. The maximum absolute atomic E-state index is 12.2. The van der Waals surface area contributed by atoms with Crippen LogP contribution in [0.2, 0.25) is 0 Å². The van der Waals surface area contributed by atoms with Gasteiger partial charge in [-0.3, -0.25) is 0 Å². The van der Waals surface area contributed by atoms with Gasteiger partial charge in [-0.1, -0.05) is 61.9 Å². The lowest BCUT2D eigenvalue weighted by Crippen LogP contribution is -2.43. The third-order valence-electron chi connectivity index (χ3n) is 4.86. The van der Waals surface area contributed by atoms with Crippen LogP contribution in [0.25, 0.3) is 5.57 Å². The van der Waals surface area contributed by atoms with Crippen molar-refractivity contribution in [3.8, 4) is 0 Å². The average Bonchev–Trinajstić information content (AvgIpc) is 3.02. The normalized spacial score (nSPS) is 17.8. The number of carboxylic acid groups (broad SMARTS) is 1. The van der Waals surface area contributed by atoms with E-state index in [9.17, 15) is 14.7 Å². The minimum Gasteiger partial charge on any atom is -0.480 e. The first-order chi connectivity index (χ1) is 13.6. The summed E-state index contributed by atoms with van der Waals surface area (Å²) in [6.45, 7) is 2.20. The largest absolute Gasteiger partial charge is 0.480 e. The number of carbonyl (C=O) groups excluding carboxylic acids is 1. The zero-order chi connectivity index (χ0) is 19.9. The molecule has 0 fully saturated rings. The number of allylic oxidation sites excluding steroid dienone is 5. The predicted molar refractivity (Wildman–Crippen MR) is 113 cm³/mol. The molecule has 0 radical (unpaired) electrons. The summed E-state index contributed by atoms with van der Waals surface area (Å²) >= 11 is 1.53. The van der Waals surface area contributed by atoms with Gasteiger partial charge in [0.2, 0.25) is 0 Å². The summed E-state index contributed by atoms with van der Waals surface area (Å²) in [7, 11) is 0. The number of carboxylic acids is 1. The topological polar surface area (TPSA) is 75.6 Å². The molecule has 0 unspecified atom stereocenters. The standard InChI is InChI=1S/C22H25NO4S/c1-2-3-12-28-14-20(21(24)25)23-22(26)27-13-19-17-10-6-4-8-15(17)16-9-5-7-11-18(16)19/h4-11,15,20H,2-3,12-14H2,1H3,(H,23,26)(H,24,25)/t15-,20+/m1/s1. The Kier molecular flexibility index (Phi) is 6.98. The second-order valence-corrected chi connectivity index (χ2v) is 7.93. The SMILES string of the molecule is CCCCSC[C@H](NC(=O)OCC1=C2C=CC=C[C@@H]2c2ccccc21)C(=O)O. The van der Waals surface area contributed by atoms with Gasteiger partial charge in [-0.25, -0.2) is 9.59 Å². The van der Waals surface area contributed by atoms with Gasteiger partial charge >= 0.3 is 12.1 Å². The van der Waals surface area contributed by atoms with Gasteiger partial charge in [0.15, 0.2) is 0 Å². The predicted octanol–water partition coefficient (Wildman–Crippen LogP) is 4.38. The van der Waals surface area contributed by atoms with E-state index in [-0.39, 0.29) is 12.5 Å². The van der Waals surface area contributed by atoms with Crippen molar-refractivity contribution in [3.05, 3.63) is 65.3 Å². The Morgan fingerprint density at radius 1 is 1.29 bits per heavy atom. The van der Waals surface area contributed by atoms with Crippen LogP contribution in [0, 0.1) is 0 Å². The van der Waals surface area contributed by atoms with Gasteiger partial charge in [0.1, 0.15) is 12.6 Å². The lowest BCUT2D eigenvalue weighted by molar-refractivity contribution is -0.138. The molecule has 0 aliphatic heterocycles. The molecule has 0 saturated carbocycles. The van der Waals surface area contributed by atoms with E-state index < -0.39 is 18.1 Å². The van der Waals surface area contributed by atoms with Crippen LogP contribution < -0.4 is 5.32 Å². The molecular formula is C22H25NO4S. The highest BCUT2D eigenvalue weighted by Gasteiger charge is 2.29. The van der Waals surface area contributed by atoms with E-state index in [1.807, 2.05) is 36.4 Å². The molecule has 1 amide bonds. The number of hydrogen-bond donors (Lipinski definition) is 2. The molecule has 0 spiro atoms. The molecule has 6 heteroatoms. The highest BCUT2D eigenvalue weighted by atomic mass is 32.2.